The molecule has 1 aromatic carbocycles. The van der Waals surface area contributed by atoms with Crippen molar-refractivity contribution >= 4 is 17.6 Å². The molecule has 0 bridgehead atoms. The maximum Gasteiger partial charge on any atom is 0.322 e. The van der Waals surface area contributed by atoms with Crippen LogP contribution in [0.5, 0.6) is 5.75 Å². The fraction of sp³-hybridized carbons (Fsp3) is 0.417. The number of methoxy groups -OCH3 is 1. The molecule has 0 heterocycles. The Kier molecular flexibility index (Phi) is 5.25. The molecule has 2 N–H and O–H groups in total. The minimum Gasteiger partial charge on any atom is -0.492 e. The molecule has 1 atom stereocenters. The Morgan fingerprint density at radius 3 is 2.76 bits per heavy atom. The van der Waals surface area contributed by atoms with Crippen molar-refractivity contribution in [2.75, 3.05) is 13.7 Å². The summed E-state index contributed by atoms with van der Waals surface area (Å²) in [5.74, 6) is 0.194. The molecule has 1 aromatic rings. The van der Waals surface area contributed by atoms with Gasteiger partial charge in [0.2, 0.25) is 0 Å². The van der Waals surface area contributed by atoms with Crippen molar-refractivity contribution in [1.29, 1.82) is 0 Å². The van der Waals surface area contributed by atoms with Crippen molar-refractivity contribution in [1.82, 2.24) is 0 Å². The molecule has 4 nitrogen and oxygen atoms in total. The lowest BCUT2D eigenvalue weighted by atomic mass is 10.1. The number of halogens is 1. The van der Waals surface area contributed by atoms with Crippen LogP contribution in [0.4, 0.5) is 0 Å². The van der Waals surface area contributed by atoms with Gasteiger partial charge in [0, 0.05) is 0 Å². The van der Waals surface area contributed by atoms with Gasteiger partial charge < -0.3 is 15.2 Å². The zero-order valence-electron chi connectivity index (χ0n) is 9.90. The van der Waals surface area contributed by atoms with Gasteiger partial charge in [0.25, 0.3) is 0 Å². The van der Waals surface area contributed by atoms with E-state index in [-0.39, 0.29) is 0 Å². The van der Waals surface area contributed by atoms with Gasteiger partial charge >= 0.3 is 5.97 Å². The number of carbonyl (C=O) groups excluding carboxylic acids is 1. The molecular weight excluding hydrogens is 242 g/mol. The van der Waals surface area contributed by atoms with Gasteiger partial charge in [-0.2, -0.15) is 0 Å². The lowest BCUT2D eigenvalue weighted by Gasteiger charge is -2.11. The quantitative estimate of drug-likeness (QED) is 0.817. The SMILES string of the molecule is CCOc1ccc(CC(N)C(=O)OC)cc1Cl. The van der Waals surface area contributed by atoms with Crippen molar-refractivity contribution in [3.63, 3.8) is 0 Å². The molecule has 5 heteroatoms. The maximum absolute atomic E-state index is 11.2. The zero-order valence-corrected chi connectivity index (χ0v) is 10.7. The lowest BCUT2D eigenvalue weighted by Crippen LogP contribution is -2.33. The Morgan fingerprint density at radius 1 is 1.53 bits per heavy atom. The molecule has 1 rings (SSSR count). The van der Waals surface area contributed by atoms with Gasteiger partial charge in [-0.25, -0.2) is 0 Å². The normalized spacial score (nSPS) is 12.0. The molecule has 0 aliphatic carbocycles. The van der Waals surface area contributed by atoms with Crippen LogP contribution in [0.2, 0.25) is 5.02 Å². The van der Waals surface area contributed by atoms with Gasteiger partial charge in [-0.05, 0) is 31.0 Å². The van der Waals surface area contributed by atoms with Crippen LogP contribution in [0.3, 0.4) is 0 Å². The van der Waals surface area contributed by atoms with Gasteiger partial charge in [-0.1, -0.05) is 17.7 Å². The first kappa shape index (κ1) is 13.8. The van der Waals surface area contributed by atoms with E-state index >= 15 is 0 Å². The second kappa shape index (κ2) is 6.47. The van der Waals surface area contributed by atoms with Gasteiger partial charge in [0.1, 0.15) is 11.8 Å². The Balaban J connectivity index is 2.73. The average Bonchev–Trinajstić information content (AvgIpc) is 2.31. The molecule has 1 unspecified atom stereocenters. The number of carbonyl (C=O) groups is 1. The smallest absolute Gasteiger partial charge is 0.322 e. The first-order valence-electron chi connectivity index (χ1n) is 5.33. The van der Waals surface area contributed by atoms with Crippen LogP contribution in [0.1, 0.15) is 12.5 Å². The molecule has 0 aliphatic rings. The topological polar surface area (TPSA) is 61.5 Å². The van der Waals surface area contributed by atoms with Crippen molar-refractivity contribution in [3.05, 3.63) is 28.8 Å². The van der Waals surface area contributed by atoms with Crippen LogP contribution < -0.4 is 10.5 Å². The molecule has 94 valence electrons. The molecule has 0 radical (unpaired) electrons. The largest absolute Gasteiger partial charge is 0.492 e. The van der Waals surface area contributed by atoms with Crippen LogP contribution in [-0.2, 0) is 16.0 Å². The predicted octanol–water partition coefficient (Wildman–Crippen LogP) is 1.78. The number of esters is 1. The minimum absolute atomic E-state index is 0.388. The van der Waals surface area contributed by atoms with Crippen LogP contribution >= 0.6 is 11.6 Å². The first-order valence-corrected chi connectivity index (χ1v) is 5.71. The summed E-state index contributed by atoms with van der Waals surface area (Å²) in [7, 11) is 1.31. The number of nitrogens with two attached hydrogens (primary N) is 1. The summed E-state index contributed by atoms with van der Waals surface area (Å²) in [5, 5.41) is 0.515. The van der Waals surface area contributed by atoms with E-state index in [1.54, 1.807) is 12.1 Å². The lowest BCUT2D eigenvalue weighted by molar-refractivity contribution is -0.142. The Morgan fingerprint density at radius 2 is 2.24 bits per heavy atom. The summed E-state index contributed by atoms with van der Waals surface area (Å²) in [5.41, 5.74) is 6.53. The highest BCUT2D eigenvalue weighted by atomic mass is 35.5. The van der Waals surface area contributed by atoms with Gasteiger partial charge in [-0.3, -0.25) is 4.79 Å². The van der Waals surface area contributed by atoms with E-state index in [0.717, 1.165) is 5.56 Å². The molecule has 0 aliphatic heterocycles. The summed E-state index contributed by atoms with van der Waals surface area (Å²) >= 11 is 6.02. The molecule has 0 spiro atoms. The van der Waals surface area contributed by atoms with Crippen LogP contribution in [0.15, 0.2) is 18.2 Å². The van der Waals surface area contributed by atoms with E-state index in [1.807, 2.05) is 13.0 Å². The molecule has 0 saturated carbocycles. The van der Waals surface area contributed by atoms with Gasteiger partial charge in [0.05, 0.1) is 18.7 Å². The summed E-state index contributed by atoms with van der Waals surface area (Å²) in [4.78, 5) is 11.2. The van der Waals surface area contributed by atoms with E-state index in [9.17, 15) is 4.79 Å². The van der Waals surface area contributed by atoms with E-state index in [0.29, 0.717) is 23.8 Å². The highest BCUT2D eigenvalue weighted by Crippen LogP contribution is 2.25. The van der Waals surface area contributed by atoms with E-state index in [2.05, 4.69) is 4.74 Å². The average molecular weight is 258 g/mol. The third kappa shape index (κ3) is 3.91. The maximum atomic E-state index is 11.2. The summed E-state index contributed by atoms with van der Waals surface area (Å²) in [6.07, 6.45) is 0.388. The number of rotatable bonds is 5. The molecule has 17 heavy (non-hydrogen) atoms. The van der Waals surface area contributed by atoms with Crippen molar-refractivity contribution in [2.45, 2.75) is 19.4 Å². The first-order chi connectivity index (χ1) is 8.08. The highest BCUT2D eigenvalue weighted by Gasteiger charge is 2.14. The summed E-state index contributed by atoms with van der Waals surface area (Å²) in [6, 6.07) is 4.68. The van der Waals surface area contributed by atoms with Gasteiger partial charge in [0.15, 0.2) is 0 Å². The predicted molar refractivity (Wildman–Crippen MR) is 66.3 cm³/mol. The van der Waals surface area contributed by atoms with Crippen molar-refractivity contribution < 1.29 is 14.3 Å². The highest BCUT2D eigenvalue weighted by molar-refractivity contribution is 6.32. The summed E-state index contributed by atoms with van der Waals surface area (Å²) in [6.45, 7) is 2.44. The second-order valence-electron chi connectivity index (χ2n) is 3.53. The van der Waals surface area contributed by atoms with Crippen molar-refractivity contribution in [3.8, 4) is 5.75 Å². The monoisotopic (exact) mass is 257 g/mol. The van der Waals surface area contributed by atoms with E-state index < -0.39 is 12.0 Å². The standard InChI is InChI=1S/C12H16ClNO3/c1-3-17-11-5-4-8(6-9(11)13)7-10(14)12(15)16-2/h4-6,10H,3,7,14H2,1-2H3. The number of ether oxygens (including phenoxy) is 2. The third-order valence-corrected chi connectivity index (χ3v) is 2.55. The molecule has 0 fully saturated rings. The fourth-order valence-electron chi connectivity index (χ4n) is 1.43. The van der Waals surface area contributed by atoms with Crippen molar-refractivity contribution in [2.24, 2.45) is 5.73 Å². The minimum atomic E-state index is -0.672. The van der Waals surface area contributed by atoms with Crippen LogP contribution in [0, 0.1) is 0 Å². The Labute approximate surface area is 106 Å². The molecular formula is C12H16ClNO3. The molecule has 0 saturated heterocycles. The van der Waals surface area contributed by atoms with E-state index in [4.69, 9.17) is 22.1 Å². The second-order valence-corrected chi connectivity index (χ2v) is 3.94. The number of hydrogen-bond donors (Lipinski definition) is 1. The molecule has 0 amide bonds. The fourth-order valence-corrected chi connectivity index (χ4v) is 1.69. The summed E-state index contributed by atoms with van der Waals surface area (Å²) < 4.78 is 9.87. The van der Waals surface area contributed by atoms with Gasteiger partial charge in [-0.15, -0.1) is 0 Å². The third-order valence-electron chi connectivity index (χ3n) is 2.26. The zero-order chi connectivity index (χ0) is 12.8. The Hall–Kier alpha value is -1.26. The number of hydrogen-bond acceptors (Lipinski definition) is 4. The van der Waals surface area contributed by atoms with Crippen LogP contribution in [-0.4, -0.2) is 25.7 Å². The Bertz CT molecular complexity index is 395. The van der Waals surface area contributed by atoms with Crippen LogP contribution in [0.25, 0.3) is 0 Å². The van der Waals surface area contributed by atoms with E-state index in [1.165, 1.54) is 7.11 Å². The number of benzene rings is 1. The molecule has 0 aromatic heterocycles.